The van der Waals surface area contributed by atoms with E-state index < -0.39 is 5.97 Å². The molecule has 21 heavy (non-hydrogen) atoms. The molecule has 3 atom stereocenters. The minimum Gasteiger partial charge on any atom is -0.481 e. The standard InChI is InChI=1S/C17H24FNO2/c1-2-16(12-7-9-14(18)10-8-12)19-11-13-5-3-4-6-15(13)17(20)21/h7-10,13,15-16,19H,2-6,11H2,1H3,(H,20,21). The fourth-order valence-corrected chi connectivity index (χ4v) is 3.26. The van der Waals surface area contributed by atoms with Crippen molar-refractivity contribution in [1.29, 1.82) is 0 Å². The lowest BCUT2D eigenvalue weighted by Crippen LogP contribution is -2.36. The number of carbonyl (C=O) groups is 1. The monoisotopic (exact) mass is 293 g/mol. The third kappa shape index (κ3) is 4.27. The number of aliphatic carboxylic acids is 1. The molecule has 1 saturated carbocycles. The molecule has 0 bridgehead atoms. The predicted molar refractivity (Wildman–Crippen MR) is 80.5 cm³/mol. The fourth-order valence-electron chi connectivity index (χ4n) is 3.26. The van der Waals surface area contributed by atoms with Crippen LogP contribution >= 0.6 is 0 Å². The van der Waals surface area contributed by atoms with Gasteiger partial charge in [0, 0.05) is 6.04 Å². The second-order valence-electron chi connectivity index (χ2n) is 5.91. The van der Waals surface area contributed by atoms with E-state index >= 15 is 0 Å². The number of nitrogens with one attached hydrogen (secondary N) is 1. The van der Waals surface area contributed by atoms with Crippen molar-refractivity contribution < 1.29 is 14.3 Å². The first kappa shape index (κ1) is 16.0. The van der Waals surface area contributed by atoms with Crippen LogP contribution in [-0.2, 0) is 4.79 Å². The Labute approximate surface area is 125 Å². The number of carboxylic acid groups (broad SMARTS) is 1. The summed E-state index contributed by atoms with van der Waals surface area (Å²) in [5.74, 6) is -0.925. The molecule has 2 rings (SSSR count). The third-order valence-electron chi connectivity index (χ3n) is 4.53. The lowest BCUT2D eigenvalue weighted by Gasteiger charge is -2.30. The van der Waals surface area contributed by atoms with E-state index in [0.29, 0.717) is 6.54 Å². The van der Waals surface area contributed by atoms with Crippen molar-refractivity contribution in [1.82, 2.24) is 5.32 Å². The number of hydrogen-bond acceptors (Lipinski definition) is 2. The molecule has 1 aromatic carbocycles. The maximum atomic E-state index is 13.0. The molecule has 1 aliphatic carbocycles. The van der Waals surface area contributed by atoms with Crippen molar-refractivity contribution in [2.24, 2.45) is 11.8 Å². The van der Waals surface area contributed by atoms with Gasteiger partial charge < -0.3 is 10.4 Å². The summed E-state index contributed by atoms with van der Waals surface area (Å²) in [6.45, 7) is 2.80. The highest BCUT2D eigenvalue weighted by Crippen LogP contribution is 2.30. The molecule has 4 heteroatoms. The van der Waals surface area contributed by atoms with Gasteiger partial charge in [-0.1, -0.05) is 31.9 Å². The molecule has 3 unspecified atom stereocenters. The summed E-state index contributed by atoms with van der Waals surface area (Å²) in [7, 11) is 0. The molecule has 0 heterocycles. The normalized spacial score (nSPS) is 23.7. The van der Waals surface area contributed by atoms with E-state index in [2.05, 4.69) is 12.2 Å². The van der Waals surface area contributed by atoms with E-state index in [1.807, 2.05) is 0 Å². The summed E-state index contributed by atoms with van der Waals surface area (Å²) in [5, 5.41) is 12.8. The van der Waals surface area contributed by atoms with Gasteiger partial charge in [-0.2, -0.15) is 0 Å². The van der Waals surface area contributed by atoms with Crippen LogP contribution in [0.25, 0.3) is 0 Å². The summed E-state index contributed by atoms with van der Waals surface area (Å²) in [6.07, 6.45) is 4.79. The average Bonchev–Trinajstić information content (AvgIpc) is 2.50. The highest BCUT2D eigenvalue weighted by Gasteiger charge is 2.30. The van der Waals surface area contributed by atoms with Crippen LogP contribution in [0.2, 0.25) is 0 Å². The van der Waals surface area contributed by atoms with Gasteiger partial charge in [-0.3, -0.25) is 4.79 Å². The van der Waals surface area contributed by atoms with E-state index in [9.17, 15) is 14.3 Å². The molecule has 1 fully saturated rings. The van der Waals surface area contributed by atoms with Gasteiger partial charge in [-0.05, 0) is 49.4 Å². The summed E-state index contributed by atoms with van der Waals surface area (Å²) in [5.41, 5.74) is 1.06. The van der Waals surface area contributed by atoms with Gasteiger partial charge >= 0.3 is 5.97 Å². The predicted octanol–water partition coefficient (Wildman–Crippen LogP) is 3.76. The van der Waals surface area contributed by atoms with Gasteiger partial charge in [0.25, 0.3) is 0 Å². The Bertz CT molecular complexity index is 460. The minimum absolute atomic E-state index is 0.155. The Kier molecular flexibility index (Phi) is 5.74. The van der Waals surface area contributed by atoms with E-state index in [4.69, 9.17) is 0 Å². The molecule has 0 amide bonds. The Hall–Kier alpha value is -1.42. The molecular weight excluding hydrogens is 269 g/mol. The Morgan fingerprint density at radius 3 is 2.62 bits per heavy atom. The maximum absolute atomic E-state index is 13.0. The molecule has 1 aliphatic rings. The van der Waals surface area contributed by atoms with Gasteiger partial charge in [-0.25, -0.2) is 4.39 Å². The molecule has 2 N–H and O–H groups in total. The highest BCUT2D eigenvalue weighted by atomic mass is 19.1. The van der Waals surface area contributed by atoms with Crippen LogP contribution in [0, 0.1) is 17.7 Å². The molecule has 1 aromatic rings. The van der Waals surface area contributed by atoms with Gasteiger partial charge in [-0.15, -0.1) is 0 Å². The van der Waals surface area contributed by atoms with E-state index in [-0.39, 0.29) is 23.7 Å². The van der Waals surface area contributed by atoms with Crippen LogP contribution in [0.3, 0.4) is 0 Å². The second-order valence-corrected chi connectivity index (χ2v) is 5.91. The van der Waals surface area contributed by atoms with Crippen molar-refractivity contribution in [2.75, 3.05) is 6.54 Å². The summed E-state index contributed by atoms with van der Waals surface area (Å²) in [6, 6.07) is 6.70. The molecule has 0 aromatic heterocycles. The Morgan fingerprint density at radius 2 is 2.00 bits per heavy atom. The maximum Gasteiger partial charge on any atom is 0.306 e. The molecule has 0 saturated heterocycles. The second kappa shape index (κ2) is 7.55. The van der Waals surface area contributed by atoms with Crippen LogP contribution in [0.1, 0.15) is 50.6 Å². The third-order valence-corrected chi connectivity index (χ3v) is 4.53. The van der Waals surface area contributed by atoms with E-state index in [1.165, 1.54) is 12.1 Å². The molecule has 0 spiro atoms. The van der Waals surface area contributed by atoms with Crippen LogP contribution in [0.15, 0.2) is 24.3 Å². The van der Waals surface area contributed by atoms with Crippen molar-refractivity contribution >= 4 is 5.97 Å². The molecule has 0 aliphatic heterocycles. The van der Waals surface area contributed by atoms with Crippen LogP contribution in [-0.4, -0.2) is 17.6 Å². The number of hydrogen-bond donors (Lipinski definition) is 2. The lowest BCUT2D eigenvalue weighted by molar-refractivity contribution is -0.144. The molecule has 116 valence electrons. The molecular formula is C17H24FNO2. The number of rotatable bonds is 6. The van der Waals surface area contributed by atoms with Crippen LogP contribution < -0.4 is 5.32 Å². The lowest BCUT2D eigenvalue weighted by atomic mass is 9.79. The average molecular weight is 293 g/mol. The van der Waals surface area contributed by atoms with Crippen LogP contribution in [0.5, 0.6) is 0 Å². The SMILES string of the molecule is CCC(NCC1CCCCC1C(=O)O)c1ccc(F)cc1. The zero-order valence-corrected chi connectivity index (χ0v) is 12.5. The zero-order chi connectivity index (χ0) is 15.2. The number of benzene rings is 1. The summed E-state index contributed by atoms with van der Waals surface area (Å²) >= 11 is 0. The quantitative estimate of drug-likeness (QED) is 0.839. The van der Waals surface area contributed by atoms with Gasteiger partial charge in [0.05, 0.1) is 5.92 Å². The summed E-state index contributed by atoms with van der Waals surface area (Å²) < 4.78 is 13.0. The Balaban J connectivity index is 1.95. The van der Waals surface area contributed by atoms with E-state index in [0.717, 1.165) is 37.7 Å². The van der Waals surface area contributed by atoms with E-state index in [1.54, 1.807) is 12.1 Å². The van der Waals surface area contributed by atoms with Gasteiger partial charge in [0.2, 0.25) is 0 Å². The minimum atomic E-state index is -0.670. The largest absolute Gasteiger partial charge is 0.481 e. The Morgan fingerprint density at radius 1 is 1.33 bits per heavy atom. The molecule has 3 nitrogen and oxygen atoms in total. The highest BCUT2D eigenvalue weighted by molar-refractivity contribution is 5.70. The topological polar surface area (TPSA) is 49.3 Å². The van der Waals surface area contributed by atoms with Crippen molar-refractivity contribution in [2.45, 2.75) is 45.1 Å². The molecule has 0 radical (unpaired) electrons. The summed E-state index contributed by atoms with van der Waals surface area (Å²) in [4.78, 5) is 11.3. The van der Waals surface area contributed by atoms with Gasteiger partial charge in [0.1, 0.15) is 5.82 Å². The first-order chi connectivity index (χ1) is 10.1. The van der Waals surface area contributed by atoms with Crippen molar-refractivity contribution in [3.63, 3.8) is 0 Å². The van der Waals surface area contributed by atoms with Crippen LogP contribution in [0.4, 0.5) is 4.39 Å². The first-order valence-electron chi connectivity index (χ1n) is 7.83. The number of carboxylic acids is 1. The first-order valence-corrected chi connectivity index (χ1v) is 7.83. The smallest absolute Gasteiger partial charge is 0.306 e. The number of halogens is 1. The fraction of sp³-hybridized carbons (Fsp3) is 0.588. The zero-order valence-electron chi connectivity index (χ0n) is 12.5. The van der Waals surface area contributed by atoms with Gasteiger partial charge in [0.15, 0.2) is 0 Å². The van der Waals surface area contributed by atoms with Crippen molar-refractivity contribution in [3.8, 4) is 0 Å². The van der Waals surface area contributed by atoms with Crippen molar-refractivity contribution in [3.05, 3.63) is 35.6 Å².